The van der Waals surface area contributed by atoms with Crippen LogP contribution in [-0.4, -0.2) is 18.1 Å². The van der Waals surface area contributed by atoms with Crippen LogP contribution < -0.4 is 10.6 Å². The summed E-state index contributed by atoms with van der Waals surface area (Å²) in [4.78, 5) is 5.40. The van der Waals surface area contributed by atoms with E-state index >= 15 is 0 Å². The van der Waals surface area contributed by atoms with Crippen molar-refractivity contribution in [3.8, 4) is 0 Å². The lowest BCUT2D eigenvalue weighted by Gasteiger charge is -2.18. The summed E-state index contributed by atoms with van der Waals surface area (Å²) >= 11 is 1.70. The van der Waals surface area contributed by atoms with Gasteiger partial charge in [-0.3, -0.25) is 4.98 Å². The van der Waals surface area contributed by atoms with Crippen molar-refractivity contribution in [3.05, 3.63) is 52.0 Å². The van der Waals surface area contributed by atoms with Crippen molar-refractivity contribution in [1.82, 2.24) is 15.6 Å². The van der Waals surface area contributed by atoms with Gasteiger partial charge in [-0.1, -0.05) is 24.3 Å². The molecule has 0 radical (unpaired) electrons. The number of nitrogens with zero attached hydrogens (tertiary/aromatic N) is 1. The monoisotopic (exact) mass is 295 g/mol. The lowest BCUT2D eigenvalue weighted by molar-refractivity contribution is 0.506. The first-order valence-corrected chi connectivity index (χ1v) is 7.21. The summed E-state index contributed by atoms with van der Waals surface area (Å²) in [5, 5.41) is 7.13. The van der Waals surface area contributed by atoms with Gasteiger partial charge in [-0.15, -0.1) is 23.7 Å². The zero-order valence-corrected chi connectivity index (χ0v) is 12.3. The molecule has 0 spiro atoms. The summed E-state index contributed by atoms with van der Waals surface area (Å²) in [6.07, 6.45) is 3.06. The maximum absolute atomic E-state index is 4.11. The molecule has 0 amide bonds. The van der Waals surface area contributed by atoms with Gasteiger partial charge < -0.3 is 10.6 Å². The minimum atomic E-state index is 0. The van der Waals surface area contributed by atoms with Crippen molar-refractivity contribution in [2.45, 2.75) is 19.0 Å². The van der Waals surface area contributed by atoms with Crippen LogP contribution in [0, 0.1) is 0 Å². The number of aromatic nitrogens is 1. The number of halogens is 1. The van der Waals surface area contributed by atoms with Gasteiger partial charge in [0.15, 0.2) is 0 Å². The fourth-order valence-corrected chi connectivity index (χ4v) is 2.96. The van der Waals surface area contributed by atoms with Crippen molar-refractivity contribution in [1.29, 1.82) is 0 Å². The van der Waals surface area contributed by atoms with E-state index in [0.29, 0.717) is 6.04 Å². The highest BCUT2D eigenvalue weighted by Gasteiger charge is 2.17. The molecule has 2 N–H and O–H groups in total. The molecule has 3 nitrogen and oxygen atoms in total. The Morgan fingerprint density at radius 1 is 1.37 bits per heavy atom. The maximum atomic E-state index is 4.11. The predicted octanol–water partition coefficient (Wildman–Crippen LogP) is 2.54. The van der Waals surface area contributed by atoms with E-state index in [1.165, 1.54) is 16.0 Å². The summed E-state index contributed by atoms with van der Waals surface area (Å²) in [5.41, 5.74) is 4.78. The van der Waals surface area contributed by atoms with Crippen molar-refractivity contribution in [3.63, 3.8) is 0 Å². The highest BCUT2D eigenvalue weighted by atomic mass is 35.5. The minimum Gasteiger partial charge on any atom is -0.315 e. The molecule has 1 aromatic heterocycles. The van der Waals surface area contributed by atoms with E-state index in [9.17, 15) is 0 Å². The minimum absolute atomic E-state index is 0. The Labute approximate surface area is 123 Å². The quantitative estimate of drug-likeness (QED) is 0.914. The Morgan fingerprint density at radius 2 is 2.26 bits per heavy atom. The molecule has 1 aromatic carbocycles. The Kier molecular flexibility index (Phi) is 5.34. The van der Waals surface area contributed by atoms with Crippen molar-refractivity contribution < 1.29 is 0 Å². The standard InChI is InChI=1S/C14H17N3S.ClH/c1-2-4-13-11(3-1)5-6-15-9-14(13)17-8-12-7-16-10-18-12;/h1-4,7,10,14-15,17H,5-6,8-9H2;1H. The highest BCUT2D eigenvalue weighted by molar-refractivity contribution is 7.09. The van der Waals surface area contributed by atoms with E-state index in [-0.39, 0.29) is 12.4 Å². The van der Waals surface area contributed by atoms with Crippen LogP contribution >= 0.6 is 23.7 Å². The SMILES string of the molecule is Cl.c1ccc2c(c1)CCNCC2NCc1cncs1. The fourth-order valence-electron chi connectivity index (χ4n) is 2.42. The molecule has 1 aliphatic rings. The van der Waals surface area contributed by atoms with E-state index < -0.39 is 0 Å². The van der Waals surface area contributed by atoms with Gasteiger partial charge in [-0.05, 0) is 24.1 Å². The molecule has 1 aliphatic heterocycles. The molecule has 0 aliphatic carbocycles. The molecule has 102 valence electrons. The molecule has 0 saturated carbocycles. The molecule has 19 heavy (non-hydrogen) atoms. The number of hydrogen-bond acceptors (Lipinski definition) is 4. The molecule has 2 heterocycles. The zero-order chi connectivity index (χ0) is 12.2. The lowest BCUT2D eigenvalue weighted by atomic mass is 9.99. The molecule has 1 atom stereocenters. The van der Waals surface area contributed by atoms with Gasteiger partial charge in [-0.25, -0.2) is 0 Å². The van der Waals surface area contributed by atoms with Crippen LogP contribution in [-0.2, 0) is 13.0 Å². The van der Waals surface area contributed by atoms with Crippen LogP contribution in [0.4, 0.5) is 0 Å². The van der Waals surface area contributed by atoms with Gasteiger partial charge in [0.1, 0.15) is 0 Å². The molecule has 3 rings (SSSR count). The first-order chi connectivity index (χ1) is 8.93. The van der Waals surface area contributed by atoms with E-state index in [1.807, 2.05) is 11.7 Å². The number of benzene rings is 1. The summed E-state index contributed by atoms with van der Waals surface area (Å²) in [5.74, 6) is 0. The van der Waals surface area contributed by atoms with Gasteiger partial charge in [0.2, 0.25) is 0 Å². The molecule has 1 unspecified atom stereocenters. The van der Waals surface area contributed by atoms with Gasteiger partial charge in [0.25, 0.3) is 0 Å². The lowest BCUT2D eigenvalue weighted by Crippen LogP contribution is -2.30. The third kappa shape index (κ3) is 3.54. The maximum Gasteiger partial charge on any atom is 0.0794 e. The largest absolute Gasteiger partial charge is 0.315 e. The van der Waals surface area contributed by atoms with Crippen LogP contribution in [0.3, 0.4) is 0 Å². The van der Waals surface area contributed by atoms with Gasteiger partial charge >= 0.3 is 0 Å². The van der Waals surface area contributed by atoms with Crippen LogP contribution in [0.1, 0.15) is 22.0 Å². The first kappa shape index (κ1) is 14.5. The van der Waals surface area contributed by atoms with Gasteiger partial charge in [-0.2, -0.15) is 0 Å². The molecular formula is C14H18ClN3S. The third-order valence-electron chi connectivity index (χ3n) is 3.36. The second-order valence-corrected chi connectivity index (χ2v) is 5.53. The third-order valence-corrected chi connectivity index (χ3v) is 4.14. The van der Waals surface area contributed by atoms with E-state index in [1.54, 1.807) is 11.3 Å². The Bertz CT molecular complexity index is 501. The van der Waals surface area contributed by atoms with Gasteiger partial charge in [0, 0.05) is 30.2 Å². The van der Waals surface area contributed by atoms with Gasteiger partial charge in [0.05, 0.1) is 5.51 Å². The highest BCUT2D eigenvalue weighted by Crippen LogP contribution is 2.21. The van der Waals surface area contributed by atoms with Crippen LogP contribution in [0.5, 0.6) is 0 Å². The summed E-state index contributed by atoms with van der Waals surface area (Å²) in [6.45, 7) is 2.96. The zero-order valence-electron chi connectivity index (χ0n) is 10.6. The molecule has 0 fully saturated rings. The Balaban J connectivity index is 0.00000133. The molecule has 2 aromatic rings. The predicted molar refractivity (Wildman–Crippen MR) is 82.0 cm³/mol. The number of rotatable bonds is 3. The van der Waals surface area contributed by atoms with Crippen LogP contribution in [0.2, 0.25) is 0 Å². The van der Waals surface area contributed by atoms with Crippen molar-refractivity contribution in [2.75, 3.05) is 13.1 Å². The second-order valence-electron chi connectivity index (χ2n) is 4.55. The Morgan fingerprint density at radius 3 is 3.11 bits per heavy atom. The summed E-state index contributed by atoms with van der Waals surface area (Å²) in [6, 6.07) is 9.14. The number of hydrogen-bond donors (Lipinski definition) is 2. The average molecular weight is 296 g/mol. The molecular weight excluding hydrogens is 278 g/mol. The fraction of sp³-hybridized carbons (Fsp3) is 0.357. The smallest absolute Gasteiger partial charge is 0.0794 e. The molecule has 0 bridgehead atoms. The van der Waals surface area contributed by atoms with E-state index in [0.717, 1.165) is 26.1 Å². The second kappa shape index (κ2) is 7.01. The number of thiazole rings is 1. The van der Waals surface area contributed by atoms with Crippen LogP contribution in [0.25, 0.3) is 0 Å². The molecule has 0 saturated heterocycles. The van der Waals surface area contributed by atoms with Crippen molar-refractivity contribution >= 4 is 23.7 Å². The first-order valence-electron chi connectivity index (χ1n) is 6.33. The molecule has 5 heteroatoms. The summed E-state index contributed by atoms with van der Waals surface area (Å²) < 4.78 is 0. The van der Waals surface area contributed by atoms with Crippen LogP contribution in [0.15, 0.2) is 36.0 Å². The normalized spacial score (nSPS) is 18.2. The van der Waals surface area contributed by atoms with E-state index in [2.05, 4.69) is 39.9 Å². The summed E-state index contributed by atoms with van der Waals surface area (Å²) in [7, 11) is 0. The topological polar surface area (TPSA) is 37.0 Å². The average Bonchev–Trinajstić information content (AvgIpc) is 2.84. The number of nitrogens with one attached hydrogen (secondary N) is 2. The number of fused-ring (bicyclic) bond motifs is 1. The van der Waals surface area contributed by atoms with Crippen molar-refractivity contribution in [2.24, 2.45) is 0 Å². The Hall–Kier alpha value is -0.940. The van der Waals surface area contributed by atoms with E-state index in [4.69, 9.17) is 0 Å².